The Labute approximate surface area is 106 Å². The maximum absolute atomic E-state index is 11.4. The first kappa shape index (κ1) is 12.4. The lowest BCUT2D eigenvalue weighted by atomic mass is 10.1. The van der Waals surface area contributed by atoms with Crippen molar-refractivity contribution in [2.75, 3.05) is 6.61 Å². The summed E-state index contributed by atoms with van der Waals surface area (Å²) in [6, 6.07) is 7.44. The molecule has 0 amide bonds. The van der Waals surface area contributed by atoms with Crippen molar-refractivity contribution in [1.29, 1.82) is 0 Å². The zero-order valence-electron chi connectivity index (χ0n) is 10.5. The van der Waals surface area contributed by atoms with Crippen LogP contribution >= 0.6 is 0 Å². The molecule has 0 aliphatic heterocycles. The van der Waals surface area contributed by atoms with Gasteiger partial charge in [-0.2, -0.15) is 0 Å². The van der Waals surface area contributed by atoms with Crippen LogP contribution in [0.1, 0.15) is 30.6 Å². The molecule has 1 aromatic carbocycles. The summed E-state index contributed by atoms with van der Waals surface area (Å²) in [5, 5.41) is 3.66. The molecule has 18 heavy (non-hydrogen) atoms. The molecule has 0 bridgehead atoms. The molecule has 2 aromatic rings. The molecule has 0 fully saturated rings. The molecule has 4 nitrogen and oxygen atoms in total. The van der Waals surface area contributed by atoms with E-state index in [1.807, 2.05) is 24.3 Å². The normalized spacial score (nSPS) is 10.3. The van der Waals surface area contributed by atoms with Crippen molar-refractivity contribution in [2.45, 2.75) is 20.3 Å². The van der Waals surface area contributed by atoms with Crippen molar-refractivity contribution in [2.24, 2.45) is 0 Å². The molecule has 0 unspecified atom stereocenters. The van der Waals surface area contributed by atoms with Crippen LogP contribution in [0.4, 0.5) is 0 Å². The number of benzene rings is 1. The van der Waals surface area contributed by atoms with Crippen LogP contribution in [0.25, 0.3) is 11.3 Å². The van der Waals surface area contributed by atoms with Gasteiger partial charge in [0, 0.05) is 5.56 Å². The van der Waals surface area contributed by atoms with Gasteiger partial charge in [0.2, 0.25) is 0 Å². The number of ether oxygens (including phenoxy) is 1. The number of rotatable bonds is 5. The highest BCUT2D eigenvalue weighted by molar-refractivity contribution is 5.99. The van der Waals surface area contributed by atoms with Crippen LogP contribution in [0.5, 0.6) is 5.75 Å². The average molecular weight is 245 g/mol. The van der Waals surface area contributed by atoms with Crippen LogP contribution in [0.2, 0.25) is 0 Å². The van der Waals surface area contributed by atoms with Crippen LogP contribution < -0.4 is 4.74 Å². The quantitative estimate of drug-likeness (QED) is 0.758. The number of carbonyl (C=O) groups is 1. The molecule has 0 spiro atoms. The molecule has 1 heterocycles. The number of Topliss-reactive ketones (excluding diaryl/α,β-unsaturated/α-hetero) is 1. The van der Waals surface area contributed by atoms with Gasteiger partial charge in [0.15, 0.2) is 11.5 Å². The lowest BCUT2D eigenvalue weighted by molar-refractivity contribution is 0.101. The first-order valence-electron chi connectivity index (χ1n) is 5.91. The number of aromatic nitrogens is 1. The second-order valence-corrected chi connectivity index (χ2v) is 4.00. The Bertz CT molecular complexity index is 528. The van der Waals surface area contributed by atoms with E-state index in [1.54, 1.807) is 0 Å². The largest absolute Gasteiger partial charge is 0.494 e. The Hall–Kier alpha value is -2.10. The minimum Gasteiger partial charge on any atom is -0.494 e. The minimum atomic E-state index is -0.0578. The maximum Gasteiger partial charge on any atom is 0.177 e. The summed E-state index contributed by atoms with van der Waals surface area (Å²) in [5.41, 5.74) is 1.32. The molecular formula is C14H15NO3. The molecule has 1 aromatic heterocycles. The fraction of sp³-hybridized carbons (Fsp3) is 0.286. The Balaban J connectivity index is 2.23. The second kappa shape index (κ2) is 5.49. The van der Waals surface area contributed by atoms with Crippen LogP contribution in [0.3, 0.4) is 0 Å². The highest BCUT2D eigenvalue weighted by atomic mass is 16.5. The van der Waals surface area contributed by atoms with Gasteiger partial charge in [0.1, 0.15) is 5.75 Å². The Morgan fingerprint density at radius 2 is 2.06 bits per heavy atom. The van der Waals surface area contributed by atoms with Gasteiger partial charge in [-0.05, 0) is 37.6 Å². The predicted molar refractivity (Wildman–Crippen MR) is 67.7 cm³/mol. The van der Waals surface area contributed by atoms with Crippen LogP contribution in [-0.4, -0.2) is 17.5 Å². The van der Waals surface area contributed by atoms with E-state index in [2.05, 4.69) is 12.1 Å². The minimum absolute atomic E-state index is 0.0578. The summed E-state index contributed by atoms with van der Waals surface area (Å²) in [6.45, 7) is 4.25. The molecule has 0 N–H and O–H groups in total. The van der Waals surface area contributed by atoms with Gasteiger partial charge in [0.05, 0.1) is 18.4 Å². The SMILES string of the molecule is CCCOc1ccc(-c2oncc2C(C)=O)cc1. The van der Waals surface area contributed by atoms with Gasteiger partial charge in [-0.3, -0.25) is 4.79 Å². The van der Waals surface area contributed by atoms with E-state index in [4.69, 9.17) is 9.26 Å². The smallest absolute Gasteiger partial charge is 0.177 e. The fourth-order valence-corrected chi connectivity index (χ4v) is 1.62. The number of nitrogens with zero attached hydrogens (tertiary/aromatic N) is 1. The number of hydrogen-bond donors (Lipinski definition) is 0. The molecule has 0 saturated heterocycles. The summed E-state index contributed by atoms with van der Waals surface area (Å²) in [6.07, 6.45) is 2.41. The van der Waals surface area contributed by atoms with Crippen molar-refractivity contribution < 1.29 is 14.1 Å². The van der Waals surface area contributed by atoms with Gasteiger partial charge in [0.25, 0.3) is 0 Å². The van der Waals surface area contributed by atoms with Gasteiger partial charge in [-0.25, -0.2) is 0 Å². The van der Waals surface area contributed by atoms with E-state index >= 15 is 0 Å². The van der Waals surface area contributed by atoms with E-state index in [-0.39, 0.29) is 5.78 Å². The topological polar surface area (TPSA) is 52.3 Å². The van der Waals surface area contributed by atoms with Crippen molar-refractivity contribution in [3.8, 4) is 17.1 Å². The number of carbonyl (C=O) groups excluding carboxylic acids is 1. The zero-order chi connectivity index (χ0) is 13.0. The van der Waals surface area contributed by atoms with Crippen molar-refractivity contribution in [3.05, 3.63) is 36.0 Å². The first-order chi connectivity index (χ1) is 8.72. The summed E-state index contributed by atoms with van der Waals surface area (Å²) in [7, 11) is 0. The standard InChI is InChI=1S/C14H15NO3/c1-3-8-17-12-6-4-11(5-7-12)14-13(10(2)16)9-15-18-14/h4-7,9H,3,8H2,1-2H3. The molecule has 0 atom stereocenters. The Morgan fingerprint density at radius 1 is 1.33 bits per heavy atom. The molecule has 0 saturated carbocycles. The lowest BCUT2D eigenvalue weighted by Gasteiger charge is -2.04. The summed E-state index contributed by atoms with van der Waals surface area (Å²) < 4.78 is 10.6. The molecule has 94 valence electrons. The van der Waals surface area contributed by atoms with E-state index in [0.29, 0.717) is 17.9 Å². The molecule has 2 rings (SSSR count). The molecular weight excluding hydrogens is 230 g/mol. The third kappa shape index (κ3) is 2.59. The van der Waals surface area contributed by atoms with Crippen LogP contribution in [0, 0.1) is 0 Å². The van der Waals surface area contributed by atoms with Crippen molar-refractivity contribution in [3.63, 3.8) is 0 Å². The van der Waals surface area contributed by atoms with Gasteiger partial charge >= 0.3 is 0 Å². The molecule has 0 radical (unpaired) electrons. The fourth-order valence-electron chi connectivity index (χ4n) is 1.62. The van der Waals surface area contributed by atoms with Gasteiger partial charge < -0.3 is 9.26 Å². The van der Waals surface area contributed by atoms with E-state index in [9.17, 15) is 4.79 Å². The monoisotopic (exact) mass is 245 g/mol. The Kier molecular flexibility index (Phi) is 3.77. The predicted octanol–water partition coefficient (Wildman–Crippen LogP) is 3.33. The highest BCUT2D eigenvalue weighted by Gasteiger charge is 2.14. The summed E-state index contributed by atoms with van der Waals surface area (Å²) in [5.74, 6) is 1.26. The van der Waals surface area contributed by atoms with Crippen LogP contribution in [0.15, 0.2) is 35.0 Å². The zero-order valence-corrected chi connectivity index (χ0v) is 10.5. The number of hydrogen-bond acceptors (Lipinski definition) is 4. The highest BCUT2D eigenvalue weighted by Crippen LogP contribution is 2.25. The average Bonchev–Trinajstić information content (AvgIpc) is 2.86. The first-order valence-corrected chi connectivity index (χ1v) is 5.91. The molecule has 4 heteroatoms. The van der Waals surface area contributed by atoms with E-state index in [0.717, 1.165) is 17.7 Å². The lowest BCUT2D eigenvalue weighted by Crippen LogP contribution is -1.95. The molecule has 0 aliphatic rings. The third-order valence-corrected chi connectivity index (χ3v) is 2.54. The van der Waals surface area contributed by atoms with Gasteiger partial charge in [-0.1, -0.05) is 12.1 Å². The van der Waals surface area contributed by atoms with Crippen LogP contribution in [-0.2, 0) is 0 Å². The maximum atomic E-state index is 11.4. The Morgan fingerprint density at radius 3 is 2.67 bits per heavy atom. The van der Waals surface area contributed by atoms with E-state index < -0.39 is 0 Å². The van der Waals surface area contributed by atoms with E-state index in [1.165, 1.54) is 13.1 Å². The number of ketones is 1. The second-order valence-electron chi connectivity index (χ2n) is 4.00. The molecule has 0 aliphatic carbocycles. The third-order valence-electron chi connectivity index (χ3n) is 2.54. The van der Waals surface area contributed by atoms with Crippen molar-refractivity contribution >= 4 is 5.78 Å². The van der Waals surface area contributed by atoms with Gasteiger partial charge in [-0.15, -0.1) is 0 Å². The summed E-state index contributed by atoms with van der Waals surface area (Å²) >= 11 is 0. The summed E-state index contributed by atoms with van der Waals surface area (Å²) in [4.78, 5) is 11.4. The van der Waals surface area contributed by atoms with Crippen molar-refractivity contribution in [1.82, 2.24) is 5.16 Å².